The smallest absolute Gasteiger partial charge is 0.111 e. The van der Waals surface area contributed by atoms with Gasteiger partial charge in [0.05, 0.1) is 0 Å². The van der Waals surface area contributed by atoms with Gasteiger partial charge in [0.25, 0.3) is 0 Å². The van der Waals surface area contributed by atoms with Gasteiger partial charge in [-0.05, 0) is 13.0 Å². The van der Waals surface area contributed by atoms with Gasteiger partial charge in [-0.25, -0.2) is 4.98 Å². The van der Waals surface area contributed by atoms with Gasteiger partial charge in [0.1, 0.15) is 5.82 Å². The first-order valence-electron chi connectivity index (χ1n) is 5.29. The van der Waals surface area contributed by atoms with Crippen LogP contribution in [0.2, 0.25) is 0 Å². The van der Waals surface area contributed by atoms with E-state index in [2.05, 4.69) is 43.0 Å². The first-order valence-corrected chi connectivity index (χ1v) is 5.29. The molecule has 0 saturated heterocycles. The van der Waals surface area contributed by atoms with E-state index in [0.29, 0.717) is 0 Å². The molecule has 0 atom stereocenters. The monoisotopic (exact) mass is 195 g/mol. The lowest BCUT2D eigenvalue weighted by molar-refractivity contribution is 0.549. The van der Waals surface area contributed by atoms with Crippen molar-refractivity contribution in [3.8, 4) is 0 Å². The van der Waals surface area contributed by atoms with E-state index >= 15 is 0 Å². The van der Waals surface area contributed by atoms with Gasteiger partial charge in [-0.2, -0.15) is 0 Å². The molecule has 0 fully saturated rings. The minimum atomic E-state index is 0.114. The van der Waals surface area contributed by atoms with Crippen molar-refractivity contribution in [3.05, 3.63) is 17.7 Å². The van der Waals surface area contributed by atoms with Crippen molar-refractivity contribution in [3.63, 3.8) is 0 Å². The molecule has 0 unspecified atom stereocenters. The molecule has 2 N–H and O–H groups in total. The molecule has 14 heavy (non-hydrogen) atoms. The third-order valence-corrected chi connectivity index (χ3v) is 2.08. The van der Waals surface area contributed by atoms with E-state index in [9.17, 15) is 0 Å². The van der Waals surface area contributed by atoms with E-state index in [1.54, 1.807) is 0 Å². The molecule has 0 radical (unpaired) electrons. The summed E-state index contributed by atoms with van der Waals surface area (Å²) in [6.45, 7) is 10.6. The predicted molar refractivity (Wildman–Crippen MR) is 59.3 cm³/mol. The molecule has 1 aromatic heterocycles. The maximum atomic E-state index is 4.37. The number of rotatable bonds is 4. The molecule has 3 nitrogen and oxygen atoms in total. The average Bonchev–Trinajstić information content (AvgIpc) is 2.52. The van der Waals surface area contributed by atoms with Gasteiger partial charge in [0, 0.05) is 23.9 Å². The van der Waals surface area contributed by atoms with Crippen LogP contribution in [0.25, 0.3) is 0 Å². The van der Waals surface area contributed by atoms with Crippen LogP contribution < -0.4 is 5.32 Å². The fraction of sp³-hybridized carbons (Fsp3) is 0.727. The first-order chi connectivity index (χ1) is 6.54. The Hall–Kier alpha value is -0.830. The van der Waals surface area contributed by atoms with Gasteiger partial charge in [0.15, 0.2) is 0 Å². The summed E-state index contributed by atoms with van der Waals surface area (Å²) >= 11 is 0. The Morgan fingerprint density at radius 2 is 2.14 bits per heavy atom. The molecule has 1 aromatic rings. The highest BCUT2D eigenvalue weighted by Crippen LogP contribution is 2.18. The molecular weight excluding hydrogens is 174 g/mol. The number of H-pyrrole nitrogens is 1. The number of imidazole rings is 1. The number of aromatic amines is 1. The highest BCUT2D eigenvalue weighted by Gasteiger charge is 2.16. The van der Waals surface area contributed by atoms with Crippen molar-refractivity contribution in [1.29, 1.82) is 0 Å². The second-order valence-corrected chi connectivity index (χ2v) is 4.68. The Morgan fingerprint density at radius 3 is 2.64 bits per heavy atom. The minimum Gasteiger partial charge on any atom is -0.344 e. The first kappa shape index (κ1) is 11.2. The summed E-state index contributed by atoms with van der Waals surface area (Å²) in [6.07, 6.45) is 3.09. The van der Waals surface area contributed by atoms with Crippen LogP contribution in [0.4, 0.5) is 0 Å². The molecule has 3 heteroatoms. The van der Waals surface area contributed by atoms with Crippen molar-refractivity contribution < 1.29 is 0 Å². The maximum absolute atomic E-state index is 4.37. The summed E-state index contributed by atoms with van der Waals surface area (Å²) < 4.78 is 0. The van der Waals surface area contributed by atoms with E-state index in [0.717, 1.165) is 18.9 Å². The highest BCUT2D eigenvalue weighted by molar-refractivity contribution is 5.08. The van der Waals surface area contributed by atoms with E-state index in [4.69, 9.17) is 0 Å². The van der Waals surface area contributed by atoms with Crippen LogP contribution >= 0.6 is 0 Å². The van der Waals surface area contributed by atoms with Crippen LogP contribution in [-0.2, 0) is 12.0 Å². The predicted octanol–water partition coefficient (Wildman–Crippen LogP) is 2.21. The third-order valence-electron chi connectivity index (χ3n) is 2.08. The SMILES string of the molecule is CCCNCc1cnc(C(C)(C)C)[nH]1. The quantitative estimate of drug-likeness (QED) is 0.723. The fourth-order valence-corrected chi connectivity index (χ4v) is 1.23. The van der Waals surface area contributed by atoms with Gasteiger partial charge >= 0.3 is 0 Å². The zero-order valence-electron chi connectivity index (χ0n) is 9.65. The molecule has 0 spiro atoms. The third kappa shape index (κ3) is 3.14. The van der Waals surface area contributed by atoms with Crippen LogP contribution in [0, 0.1) is 0 Å². The summed E-state index contributed by atoms with van der Waals surface area (Å²) in [4.78, 5) is 7.71. The summed E-state index contributed by atoms with van der Waals surface area (Å²) in [5.74, 6) is 1.06. The summed E-state index contributed by atoms with van der Waals surface area (Å²) in [6, 6.07) is 0. The zero-order chi connectivity index (χ0) is 10.6. The van der Waals surface area contributed by atoms with Crippen molar-refractivity contribution in [1.82, 2.24) is 15.3 Å². The maximum Gasteiger partial charge on any atom is 0.111 e. The van der Waals surface area contributed by atoms with Crippen molar-refractivity contribution in [2.45, 2.75) is 46.1 Å². The Bertz CT molecular complexity index is 270. The average molecular weight is 195 g/mol. The molecule has 0 saturated carbocycles. The van der Waals surface area contributed by atoms with E-state index in [1.807, 2.05) is 6.20 Å². The molecule has 0 aromatic carbocycles. The Labute approximate surface area is 86.3 Å². The molecule has 0 aliphatic rings. The lowest BCUT2D eigenvalue weighted by Crippen LogP contribution is -2.15. The Balaban J connectivity index is 2.51. The molecule has 1 rings (SSSR count). The molecule has 0 aliphatic carbocycles. The molecule has 0 bridgehead atoms. The number of hydrogen-bond donors (Lipinski definition) is 2. The van der Waals surface area contributed by atoms with Crippen LogP contribution in [-0.4, -0.2) is 16.5 Å². The molecule has 0 amide bonds. The van der Waals surface area contributed by atoms with Crippen molar-refractivity contribution in [2.24, 2.45) is 0 Å². The Kier molecular flexibility index (Phi) is 3.69. The van der Waals surface area contributed by atoms with Crippen LogP contribution in [0.5, 0.6) is 0 Å². The Morgan fingerprint density at radius 1 is 1.43 bits per heavy atom. The normalized spacial score (nSPS) is 12.0. The van der Waals surface area contributed by atoms with Crippen LogP contribution in [0.15, 0.2) is 6.20 Å². The fourth-order valence-electron chi connectivity index (χ4n) is 1.23. The molecular formula is C11H21N3. The number of hydrogen-bond acceptors (Lipinski definition) is 2. The van der Waals surface area contributed by atoms with Gasteiger partial charge in [-0.3, -0.25) is 0 Å². The molecule has 80 valence electrons. The van der Waals surface area contributed by atoms with Crippen LogP contribution in [0.1, 0.15) is 45.6 Å². The largest absolute Gasteiger partial charge is 0.344 e. The van der Waals surface area contributed by atoms with Gasteiger partial charge < -0.3 is 10.3 Å². The summed E-state index contributed by atoms with van der Waals surface area (Å²) in [5.41, 5.74) is 1.28. The number of aromatic nitrogens is 2. The second kappa shape index (κ2) is 4.60. The van der Waals surface area contributed by atoms with E-state index < -0.39 is 0 Å². The second-order valence-electron chi connectivity index (χ2n) is 4.68. The summed E-state index contributed by atoms with van der Waals surface area (Å²) in [5, 5.41) is 3.34. The van der Waals surface area contributed by atoms with E-state index in [-0.39, 0.29) is 5.41 Å². The van der Waals surface area contributed by atoms with Crippen molar-refractivity contribution >= 4 is 0 Å². The highest BCUT2D eigenvalue weighted by atomic mass is 15.0. The van der Waals surface area contributed by atoms with E-state index in [1.165, 1.54) is 12.1 Å². The number of nitrogens with zero attached hydrogens (tertiary/aromatic N) is 1. The van der Waals surface area contributed by atoms with Crippen molar-refractivity contribution in [2.75, 3.05) is 6.54 Å². The van der Waals surface area contributed by atoms with Gasteiger partial charge in [-0.15, -0.1) is 0 Å². The summed E-state index contributed by atoms with van der Waals surface area (Å²) in [7, 11) is 0. The van der Waals surface area contributed by atoms with Gasteiger partial charge in [0.2, 0.25) is 0 Å². The minimum absolute atomic E-state index is 0.114. The topological polar surface area (TPSA) is 40.7 Å². The number of nitrogens with one attached hydrogen (secondary N) is 2. The van der Waals surface area contributed by atoms with Crippen LogP contribution in [0.3, 0.4) is 0 Å². The molecule has 0 aliphatic heterocycles. The lowest BCUT2D eigenvalue weighted by Gasteiger charge is -2.14. The molecule has 1 heterocycles. The lowest BCUT2D eigenvalue weighted by atomic mass is 9.96. The standard InChI is InChI=1S/C11H21N3/c1-5-6-12-7-9-8-13-10(14-9)11(2,3)4/h8,12H,5-7H2,1-4H3,(H,13,14). The zero-order valence-corrected chi connectivity index (χ0v) is 9.65. The van der Waals surface area contributed by atoms with Gasteiger partial charge in [-0.1, -0.05) is 27.7 Å².